The smallest absolute Gasteiger partial charge is 0.281 e. The van der Waals surface area contributed by atoms with Gasteiger partial charge >= 0.3 is 0 Å². The molecule has 9 heteroatoms. The summed E-state index contributed by atoms with van der Waals surface area (Å²) in [5, 5.41) is 16.7. The average molecular weight is 614 g/mol. The van der Waals surface area contributed by atoms with E-state index in [1.54, 1.807) is 78.9 Å². The SMILES string of the molecule is COc1cc(/C=N\NC(=O)C(O)(c2ccccc2)c2ccccc2)c(Br)cc1OCc1ccc(Cl)cc1Cl. The second-order valence-electron chi connectivity index (χ2n) is 8.19. The molecule has 0 saturated carbocycles. The fourth-order valence-electron chi connectivity index (χ4n) is 3.75. The maximum absolute atomic E-state index is 13.2. The van der Waals surface area contributed by atoms with Gasteiger partial charge in [-0.25, -0.2) is 5.43 Å². The number of hydrogen-bond donors (Lipinski definition) is 2. The number of carbonyl (C=O) groups excluding carboxylic acids is 1. The van der Waals surface area contributed by atoms with Gasteiger partial charge < -0.3 is 14.6 Å². The van der Waals surface area contributed by atoms with Crippen LogP contribution in [0.1, 0.15) is 22.3 Å². The fraction of sp³-hybridized carbons (Fsp3) is 0.103. The molecule has 0 aliphatic heterocycles. The molecule has 0 aromatic heterocycles. The lowest BCUT2D eigenvalue weighted by Gasteiger charge is -2.27. The lowest BCUT2D eigenvalue weighted by atomic mass is 9.85. The van der Waals surface area contributed by atoms with Gasteiger partial charge in [-0.2, -0.15) is 5.10 Å². The predicted octanol–water partition coefficient (Wildman–Crippen LogP) is 6.73. The van der Waals surface area contributed by atoms with Crippen molar-refractivity contribution in [3.8, 4) is 11.5 Å². The summed E-state index contributed by atoms with van der Waals surface area (Å²) in [5.41, 5.74) is 2.76. The van der Waals surface area contributed by atoms with E-state index in [1.807, 2.05) is 12.1 Å². The van der Waals surface area contributed by atoms with Gasteiger partial charge in [-0.15, -0.1) is 0 Å². The minimum Gasteiger partial charge on any atom is -0.493 e. The maximum Gasteiger partial charge on any atom is 0.281 e. The fourth-order valence-corrected chi connectivity index (χ4v) is 4.63. The molecule has 4 aromatic rings. The zero-order valence-corrected chi connectivity index (χ0v) is 23.3. The lowest BCUT2D eigenvalue weighted by molar-refractivity contribution is -0.136. The summed E-state index contributed by atoms with van der Waals surface area (Å²) in [6.07, 6.45) is 1.45. The van der Waals surface area contributed by atoms with Gasteiger partial charge in [0.25, 0.3) is 5.91 Å². The Labute approximate surface area is 238 Å². The number of halogens is 3. The number of ether oxygens (including phenoxy) is 2. The molecule has 4 rings (SSSR count). The van der Waals surface area contributed by atoms with Gasteiger partial charge in [0.1, 0.15) is 6.61 Å². The molecule has 0 saturated heterocycles. The lowest BCUT2D eigenvalue weighted by Crippen LogP contribution is -2.43. The second-order valence-corrected chi connectivity index (χ2v) is 9.89. The first-order valence-electron chi connectivity index (χ1n) is 11.4. The van der Waals surface area contributed by atoms with E-state index in [1.165, 1.54) is 13.3 Å². The van der Waals surface area contributed by atoms with Crippen molar-refractivity contribution in [1.82, 2.24) is 5.43 Å². The molecule has 0 fully saturated rings. The van der Waals surface area contributed by atoms with Gasteiger partial charge in [-0.1, -0.05) is 89.9 Å². The number of nitrogens with one attached hydrogen (secondary N) is 1. The molecule has 0 bridgehead atoms. The maximum atomic E-state index is 13.2. The quantitative estimate of drug-likeness (QED) is 0.162. The summed E-state index contributed by atoms with van der Waals surface area (Å²) < 4.78 is 12.1. The Bertz CT molecular complexity index is 1410. The highest BCUT2D eigenvalue weighted by atomic mass is 79.9. The van der Waals surface area contributed by atoms with E-state index in [9.17, 15) is 9.90 Å². The molecule has 4 aromatic carbocycles. The van der Waals surface area contributed by atoms with Crippen molar-refractivity contribution < 1.29 is 19.4 Å². The molecule has 0 spiro atoms. The highest BCUT2D eigenvalue weighted by Crippen LogP contribution is 2.34. The topological polar surface area (TPSA) is 80.2 Å². The summed E-state index contributed by atoms with van der Waals surface area (Å²) in [7, 11) is 1.52. The molecule has 194 valence electrons. The Morgan fingerprint density at radius 2 is 1.61 bits per heavy atom. The summed E-state index contributed by atoms with van der Waals surface area (Å²) in [6.45, 7) is 0.208. The van der Waals surface area contributed by atoms with Crippen LogP contribution in [0.2, 0.25) is 10.0 Å². The van der Waals surface area contributed by atoms with Crippen LogP contribution in [0.15, 0.2) is 101 Å². The number of hydrazone groups is 1. The third-order valence-corrected chi connectivity index (χ3v) is 7.04. The number of methoxy groups -OCH3 is 1. The molecular weight excluding hydrogens is 591 g/mol. The number of carbonyl (C=O) groups is 1. The zero-order chi connectivity index (χ0) is 27.1. The molecule has 0 heterocycles. The van der Waals surface area contributed by atoms with Crippen LogP contribution in [-0.2, 0) is 17.0 Å². The van der Waals surface area contributed by atoms with E-state index in [0.29, 0.717) is 42.7 Å². The van der Waals surface area contributed by atoms with Crippen LogP contribution in [-0.4, -0.2) is 24.3 Å². The minimum atomic E-state index is -1.94. The number of nitrogens with zero attached hydrogens (tertiary/aromatic N) is 1. The van der Waals surface area contributed by atoms with Crippen LogP contribution in [0.4, 0.5) is 0 Å². The van der Waals surface area contributed by atoms with E-state index in [-0.39, 0.29) is 6.61 Å². The van der Waals surface area contributed by atoms with Gasteiger partial charge in [0.15, 0.2) is 17.1 Å². The van der Waals surface area contributed by atoms with Gasteiger partial charge in [-0.05, 0) is 51.3 Å². The Hall–Kier alpha value is -3.36. The number of aliphatic hydroxyl groups is 1. The van der Waals surface area contributed by atoms with Crippen molar-refractivity contribution >= 4 is 51.3 Å². The summed E-state index contributed by atoms with van der Waals surface area (Å²) in [6, 6.07) is 26.0. The molecule has 0 atom stereocenters. The predicted molar refractivity (Wildman–Crippen MR) is 153 cm³/mol. The van der Waals surface area contributed by atoms with E-state index in [4.69, 9.17) is 32.7 Å². The summed E-state index contributed by atoms with van der Waals surface area (Å²) in [5.74, 6) is 0.235. The van der Waals surface area contributed by atoms with Crippen molar-refractivity contribution in [2.24, 2.45) is 5.10 Å². The van der Waals surface area contributed by atoms with Crippen LogP contribution in [0.3, 0.4) is 0 Å². The molecule has 38 heavy (non-hydrogen) atoms. The zero-order valence-electron chi connectivity index (χ0n) is 20.2. The van der Waals surface area contributed by atoms with Gasteiger partial charge in [0, 0.05) is 25.6 Å². The molecular formula is C29H23BrCl2N2O4. The number of hydrogen-bond acceptors (Lipinski definition) is 5. The first kappa shape index (κ1) is 27.7. The normalized spacial score (nSPS) is 11.4. The first-order chi connectivity index (χ1) is 18.3. The van der Waals surface area contributed by atoms with Gasteiger partial charge in [-0.3, -0.25) is 4.79 Å². The first-order valence-corrected chi connectivity index (χ1v) is 13.0. The van der Waals surface area contributed by atoms with Gasteiger partial charge in [0.05, 0.1) is 13.3 Å². The Balaban J connectivity index is 1.53. The van der Waals surface area contributed by atoms with Crippen LogP contribution in [0.5, 0.6) is 11.5 Å². The third kappa shape index (κ3) is 6.19. The van der Waals surface area contributed by atoms with E-state index in [0.717, 1.165) is 5.56 Å². The Morgan fingerprint density at radius 1 is 0.974 bits per heavy atom. The monoisotopic (exact) mass is 612 g/mol. The molecule has 0 aliphatic rings. The molecule has 6 nitrogen and oxygen atoms in total. The number of rotatable bonds is 9. The molecule has 2 N–H and O–H groups in total. The van der Waals surface area contributed by atoms with E-state index < -0.39 is 11.5 Å². The highest BCUT2D eigenvalue weighted by Gasteiger charge is 2.39. The van der Waals surface area contributed by atoms with Crippen LogP contribution < -0.4 is 14.9 Å². The van der Waals surface area contributed by atoms with Crippen LogP contribution in [0, 0.1) is 0 Å². The van der Waals surface area contributed by atoms with Crippen molar-refractivity contribution in [2.75, 3.05) is 7.11 Å². The van der Waals surface area contributed by atoms with Crippen LogP contribution >= 0.6 is 39.1 Å². The Morgan fingerprint density at radius 3 is 2.18 bits per heavy atom. The molecule has 0 aliphatic carbocycles. The number of benzene rings is 4. The van der Waals surface area contributed by atoms with Crippen molar-refractivity contribution in [1.29, 1.82) is 0 Å². The minimum absolute atomic E-state index is 0.208. The van der Waals surface area contributed by atoms with Crippen molar-refractivity contribution in [2.45, 2.75) is 12.2 Å². The summed E-state index contributed by atoms with van der Waals surface area (Å²) in [4.78, 5) is 13.2. The summed E-state index contributed by atoms with van der Waals surface area (Å²) >= 11 is 15.7. The second kappa shape index (κ2) is 12.5. The van der Waals surface area contributed by atoms with E-state index >= 15 is 0 Å². The average Bonchev–Trinajstić information content (AvgIpc) is 2.94. The van der Waals surface area contributed by atoms with Crippen LogP contribution in [0.25, 0.3) is 0 Å². The Kier molecular flexibility index (Phi) is 9.07. The highest BCUT2D eigenvalue weighted by molar-refractivity contribution is 9.10. The van der Waals surface area contributed by atoms with E-state index in [2.05, 4.69) is 26.5 Å². The largest absolute Gasteiger partial charge is 0.493 e. The van der Waals surface area contributed by atoms with Gasteiger partial charge in [0.2, 0.25) is 0 Å². The molecule has 0 radical (unpaired) electrons. The number of amides is 1. The molecule has 0 unspecified atom stereocenters. The van der Waals surface area contributed by atoms with Crippen molar-refractivity contribution in [3.05, 3.63) is 128 Å². The van der Waals surface area contributed by atoms with Crippen molar-refractivity contribution in [3.63, 3.8) is 0 Å². The third-order valence-electron chi connectivity index (χ3n) is 5.76. The molecule has 1 amide bonds. The standard InChI is InChI=1S/C29H23BrCl2N2O4/c1-37-26-14-20(24(30)16-27(26)38-18-19-12-13-23(31)15-25(19)32)17-33-34-28(35)29(36,21-8-4-2-5-9-21)22-10-6-3-7-11-22/h2-17,36H,18H2,1H3,(H,34,35)/b33-17-.